The molecule has 0 radical (unpaired) electrons. The Morgan fingerprint density at radius 3 is 2.76 bits per heavy atom. The number of likely N-dealkylation sites (tertiary alicyclic amines) is 1. The number of fused-ring (bicyclic) bond motifs is 1. The van der Waals surface area contributed by atoms with Crippen LogP contribution in [-0.2, 0) is 23.9 Å². The SMILES string of the molecule is CCOC(=O)C1CCCN(C2=CC(=O)C(=Nc3ncnc4cc(OCCOC)c(OC)cc34)CC2=O)C1. The highest BCUT2D eigenvalue weighted by atomic mass is 16.5. The lowest BCUT2D eigenvalue weighted by atomic mass is 9.93. The lowest BCUT2D eigenvalue weighted by Gasteiger charge is -2.35. The number of rotatable bonds is 9. The minimum absolute atomic E-state index is 0.0899. The minimum Gasteiger partial charge on any atom is -0.493 e. The number of hydrogen-bond acceptors (Lipinski definition) is 11. The molecule has 2 heterocycles. The third-order valence-corrected chi connectivity index (χ3v) is 6.23. The summed E-state index contributed by atoms with van der Waals surface area (Å²) in [7, 11) is 3.10. The molecule has 1 unspecified atom stereocenters. The average Bonchev–Trinajstić information content (AvgIpc) is 2.90. The number of carbonyl (C=O) groups excluding carboxylic acids is 3. The first kappa shape index (κ1) is 26.2. The van der Waals surface area contributed by atoms with Crippen molar-refractivity contribution in [1.82, 2.24) is 14.9 Å². The molecule has 2 aromatic rings. The number of piperidine rings is 1. The van der Waals surface area contributed by atoms with Gasteiger partial charge in [0.2, 0.25) is 5.78 Å². The summed E-state index contributed by atoms with van der Waals surface area (Å²) in [6, 6.07) is 3.40. The molecule has 2 aliphatic rings. The van der Waals surface area contributed by atoms with Crippen molar-refractivity contribution in [2.75, 3.05) is 47.1 Å². The number of hydrogen-bond donors (Lipinski definition) is 0. The minimum atomic E-state index is -0.369. The maximum absolute atomic E-state index is 13.0. The molecule has 1 aromatic heterocycles. The highest BCUT2D eigenvalue weighted by molar-refractivity contribution is 6.50. The monoisotopic (exact) mass is 510 g/mol. The van der Waals surface area contributed by atoms with Crippen LogP contribution in [0.4, 0.5) is 5.82 Å². The smallest absolute Gasteiger partial charge is 0.310 e. The molecule has 1 aliphatic carbocycles. The highest BCUT2D eigenvalue weighted by Gasteiger charge is 2.33. The van der Waals surface area contributed by atoms with Crippen molar-refractivity contribution in [3.8, 4) is 11.5 Å². The fourth-order valence-corrected chi connectivity index (χ4v) is 4.40. The standard InChI is InChI=1S/C26H30N4O7/c1-4-36-26(33)16-6-5-7-30(14-16)20-13-21(31)19(11-22(20)32)29-25-17-10-23(35-3)24(37-9-8-34-2)12-18(17)27-15-28-25/h10,12-13,15-16H,4-9,11,14H2,1-3H3. The number of nitrogens with zero attached hydrogens (tertiary/aromatic N) is 4. The molecule has 1 saturated heterocycles. The summed E-state index contributed by atoms with van der Waals surface area (Å²) < 4.78 is 21.3. The molecule has 37 heavy (non-hydrogen) atoms. The van der Waals surface area contributed by atoms with E-state index in [9.17, 15) is 14.4 Å². The number of benzene rings is 1. The van der Waals surface area contributed by atoms with Crippen LogP contribution in [0.3, 0.4) is 0 Å². The zero-order valence-electron chi connectivity index (χ0n) is 21.2. The summed E-state index contributed by atoms with van der Waals surface area (Å²) >= 11 is 0. The average molecular weight is 511 g/mol. The van der Waals surface area contributed by atoms with Gasteiger partial charge in [-0.2, -0.15) is 0 Å². The van der Waals surface area contributed by atoms with E-state index in [2.05, 4.69) is 15.0 Å². The summed E-state index contributed by atoms with van der Waals surface area (Å²) in [5.41, 5.74) is 0.948. The zero-order valence-corrected chi connectivity index (χ0v) is 21.2. The van der Waals surface area contributed by atoms with Gasteiger partial charge in [0.05, 0.1) is 49.6 Å². The van der Waals surface area contributed by atoms with E-state index in [4.69, 9.17) is 18.9 Å². The van der Waals surface area contributed by atoms with Crippen molar-refractivity contribution >= 4 is 40.0 Å². The van der Waals surface area contributed by atoms with Crippen molar-refractivity contribution in [2.24, 2.45) is 10.9 Å². The van der Waals surface area contributed by atoms with Crippen LogP contribution in [0.2, 0.25) is 0 Å². The Hall–Kier alpha value is -3.86. The number of carbonyl (C=O) groups is 3. The number of aromatic nitrogens is 2. The van der Waals surface area contributed by atoms with Gasteiger partial charge in [-0.15, -0.1) is 0 Å². The Kier molecular flexibility index (Phi) is 8.44. The van der Waals surface area contributed by atoms with Gasteiger partial charge in [-0.25, -0.2) is 15.0 Å². The van der Waals surface area contributed by atoms with E-state index in [1.54, 1.807) is 31.1 Å². The molecular formula is C26H30N4O7. The Morgan fingerprint density at radius 2 is 2.00 bits per heavy atom. The number of ether oxygens (including phenoxy) is 4. The normalized spacial score (nSPS) is 19.2. The van der Waals surface area contributed by atoms with Crippen LogP contribution in [0.5, 0.6) is 11.5 Å². The molecule has 0 spiro atoms. The van der Waals surface area contributed by atoms with Crippen LogP contribution in [0.15, 0.2) is 35.2 Å². The van der Waals surface area contributed by atoms with Crippen LogP contribution < -0.4 is 9.47 Å². The molecule has 1 fully saturated rings. The van der Waals surface area contributed by atoms with Gasteiger partial charge in [0.1, 0.15) is 12.9 Å². The second kappa shape index (κ2) is 11.9. The molecular weight excluding hydrogens is 480 g/mol. The predicted molar refractivity (Wildman–Crippen MR) is 134 cm³/mol. The topological polar surface area (TPSA) is 130 Å². The maximum atomic E-state index is 13.0. The number of allylic oxidation sites excluding steroid dienone is 2. The Bertz CT molecular complexity index is 1260. The largest absolute Gasteiger partial charge is 0.493 e. The van der Waals surface area contributed by atoms with Gasteiger partial charge in [0, 0.05) is 37.7 Å². The highest BCUT2D eigenvalue weighted by Crippen LogP contribution is 2.35. The lowest BCUT2D eigenvalue weighted by Crippen LogP contribution is -2.42. The fourth-order valence-electron chi connectivity index (χ4n) is 4.40. The number of methoxy groups -OCH3 is 2. The van der Waals surface area contributed by atoms with E-state index in [0.717, 1.165) is 6.42 Å². The quantitative estimate of drug-likeness (QED) is 0.366. The predicted octanol–water partition coefficient (Wildman–Crippen LogP) is 2.44. The molecule has 4 rings (SSSR count). The number of aliphatic imine (C=N–C) groups is 1. The van der Waals surface area contributed by atoms with Gasteiger partial charge in [0.25, 0.3) is 0 Å². The number of Topliss-reactive ketones (excluding diaryl/α,β-unsaturated/α-hetero) is 1. The molecule has 0 N–H and O–H groups in total. The lowest BCUT2D eigenvalue weighted by molar-refractivity contribution is -0.149. The van der Waals surface area contributed by atoms with Crippen LogP contribution >= 0.6 is 0 Å². The maximum Gasteiger partial charge on any atom is 0.310 e. The van der Waals surface area contributed by atoms with E-state index >= 15 is 0 Å². The fraction of sp³-hybridized carbons (Fsp3) is 0.462. The Balaban J connectivity index is 1.59. The van der Waals surface area contributed by atoms with Gasteiger partial charge in [-0.05, 0) is 25.8 Å². The molecule has 1 atom stereocenters. The summed E-state index contributed by atoms with van der Waals surface area (Å²) in [6.45, 7) is 3.76. The Labute approximate surface area is 214 Å². The van der Waals surface area contributed by atoms with Gasteiger partial charge in [0.15, 0.2) is 23.1 Å². The van der Waals surface area contributed by atoms with Gasteiger partial charge < -0.3 is 23.8 Å². The molecule has 0 amide bonds. The summed E-state index contributed by atoms with van der Waals surface area (Å²) in [4.78, 5) is 53.0. The van der Waals surface area contributed by atoms with E-state index < -0.39 is 0 Å². The van der Waals surface area contributed by atoms with Crippen LogP contribution in [0.1, 0.15) is 26.2 Å². The first-order valence-electron chi connectivity index (χ1n) is 12.2. The first-order valence-corrected chi connectivity index (χ1v) is 12.2. The molecule has 1 aromatic carbocycles. The van der Waals surface area contributed by atoms with Gasteiger partial charge >= 0.3 is 5.97 Å². The van der Waals surface area contributed by atoms with E-state index in [1.165, 1.54) is 19.5 Å². The molecule has 1 aliphatic heterocycles. The second-order valence-electron chi connectivity index (χ2n) is 8.65. The molecule has 0 saturated carbocycles. The van der Waals surface area contributed by atoms with Crippen LogP contribution in [-0.4, -0.2) is 85.2 Å². The molecule has 11 nitrogen and oxygen atoms in total. The summed E-state index contributed by atoms with van der Waals surface area (Å²) in [5, 5.41) is 0.550. The van der Waals surface area contributed by atoms with Gasteiger partial charge in [-0.1, -0.05) is 0 Å². The molecule has 196 valence electrons. The van der Waals surface area contributed by atoms with Crippen LogP contribution in [0, 0.1) is 5.92 Å². The van der Waals surface area contributed by atoms with E-state index in [1.807, 2.05) is 0 Å². The van der Waals surface area contributed by atoms with Crippen molar-refractivity contribution in [3.05, 3.63) is 30.2 Å². The zero-order chi connectivity index (χ0) is 26.4. The summed E-state index contributed by atoms with van der Waals surface area (Å²) in [5.74, 6) is -0.00193. The van der Waals surface area contributed by atoms with E-state index in [-0.39, 0.29) is 41.4 Å². The third-order valence-electron chi connectivity index (χ3n) is 6.23. The molecule has 0 bridgehead atoms. The summed E-state index contributed by atoms with van der Waals surface area (Å²) in [6.07, 6.45) is 3.92. The van der Waals surface area contributed by atoms with Crippen molar-refractivity contribution in [3.63, 3.8) is 0 Å². The van der Waals surface area contributed by atoms with Crippen molar-refractivity contribution in [1.29, 1.82) is 0 Å². The van der Waals surface area contributed by atoms with E-state index in [0.29, 0.717) is 67.4 Å². The second-order valence-corrected chi connectivity index (χ2v) is 8.65. The number of ketones is 2. The molecule has 11 heteroatoms. The third kappa shape index (κ3) is 5.93. The first-order chi connectivity index (χ1) is 17.9. The Morgan fingerprint density at radius 1 is 1.16 bits per heavy atom. The number of esters is 1. The van der Waals surface area contributed by atoms with Crippen LogP contribution in [0.25, 0.3) is 10.9 Å². The van der Waals surface area contributed by atoms with Crippen molar-refractivity contribution in [2.45, 2.75) is 26.2 Å². The van der Waals surface area contributed by atoms with Crippen molar-refractivity contribution < 1.29 is 33.3 Å². The van der Waals surface area contributed by atoms with Gasteiger partial charge in [-0.3, -0.25) is 14.4 Å².